The number of anilines is 1. The quantitative estimate of drug-likeness (QED) is 0.404. The van der Waals surface area contributed by atoms with Crippen molar-refractivity contribution in [1.82, 2.24) is 29.7 Å². The molecule has 1 atom stereocenters. The van der Waals surface area contributed by atoms with Crippen LogP contribution < -0.4 is 4.90 Å². The van der Waals surface area contributed by atoms with Crippen LogP contribution in [0.3, 0.4) is 0 Å². The fraction of sp³-hybridized carbons (Fsp3) is 0.333. The molecule has 1 aromatic carbocycles. The molecule has 0 saturated carbocycles. The molecule has 9 heteroatoms. The van der Waals surface area contributed by atoms with E-state index in [1.54, 1.807) is 30.9 Å². The summed E-state index contributed by atoms with van der Waals surface area (Å²) >= 11 is 0. The van der Waals surface area contributed by atoms with Gasteiger partial charge >= 0.3 is 0 Å². The minimum absolute atomic E-state index is 0.248. The van der Waals surface area contributed by atoms with E-state index in [0.717, 1.165) is 76.9 Å². The number of alkyl halides is 1. The Morgan fingerprint density at radius 2 is 1.86 bits per heavy atom. The topological polar surface area (TPSA) is 75.5 Å². The van der Waals surface area contributed by atoms with Crippen molar-refractivity contribution in [3.63, 3.8) is 0 Å². The Bertz CT molecular complexity index is 1430. The van der Waals surface area contributed by atoms with Crippen LogP contribution in [0.15, 0.2) is 43.0 Å². The first-order chi connectivity index (χ1) is 17.5. The summed E-state index contributed by atoms with van der Waals surface area (Å²) in [6.07, 6.45) is 8.62. The average molecular weight is 488 g/mol. The van der Waals surface area contributed by atoms with E-state index in [1.165, 1.54) is 23.7 Å². The molecule has 4 heterocycles. The van der Waals surface area contributed by atoms with Crippen molar-refractivity contribution in [3.8, 4) is 11.3 Å². The molecule has 3 aromatic heterocycles. The number of hydrogen-bond donors (Lipinski definition) is 1. The van der Waals surface area contributed by atoms with Gasteiger partial charge in [0, 0.05) is 54.0 Å². The maximum atomic E-state index is 13.6. The van der Waals surface area contributed by atoms with Gasteiger partial charge in [0.2, 0.25) is 0 Å². The summed E-state index contributed by atoms with van der Waals surface area (Å²) in [5.41, 5.74) is 6.81. The van der Waals surface area contributed by atoms with Crippen molar-refractivity contribution >= 4 is 17.5 Å². The number of rotatable bonds is 5. The third-order valence-corrected chi connectivity index (χ3v) is 7.16. The van der Waals surface area contributed by atoms with E-state index < -0.39 is 6.30 Å². The molecular formula is C27H27F2N7. The molecule has 0 radical (unpaired) electrons. The Labute approximate surface area is 207 Å². The molecular weight excluding hydrogens is 460 g/mol. The van der Waals surface area contributed by atoms with Crippen LogP contribution >= 0.6 is 0 Å². The highest BCUT2D eigenvalue weighted by molar-refractivity contribution is 5.90. The number of fused-ring (bicyclic) bond motifs is 1. The van der Waals surface area contributed by atoms with Gasteiger partial charge in [0.05, 0.1) is 17.6 Å². The van der Waals surface area contributed by atoms with Crippen LogP contribution in [-0.2, 0) is 6.42 Å². The Kier molecular flexibility index (Phi) is 5.62. The minimum Gasteiger partial charge on any atom is -0.356 e. The lowest BCUT2D eigenvalue weighted by Crippen LogP contribution is -2.34. The molecule has 4 aromatic rings. The maximum Gasteiger partial charge on any atom is 0.188 e. The number of H-pyrrole nitrogens is 1. The highest BCUT2D eigenvalue weighted by Crippen LogP contribution is 2.37. The molecule has 1 N–H and O–H groups in total. The van der Waals surface area contributed by atoms with Gasteiger partial charge in [-0.25, -0.2) is 28.4 Å². The van der Waals surface area contributed by atoms with Crippen LogP contribution in [0.1, 0.15) is 60.3 Å². The number of nitrogens with zero attached hydrogens (tertiary/aromatic N) is 6. The molecule has 36 heavy (non-hydrogen) atoms. The number of allylic oxidation sites excluding steroid dienone is 1. The number of hydrogen-bond acceptors (Lipinski definition) is 5. The number of aromatic nitrogens is 6. The monoisotopic (exact) mass is 487 g/mol. The Morgan fingerprint density at radius 3 is 2.58 bits per heavy atom. The van der Waals surface area contributed by atoms with Crippen molar-refractivity contribution in [1.29, 1.82) is 0 Å². The third-order valence-electron chi connectivity index (χ3n) is 7.16. The predicted octanol–water partition coefficient (Wildman–Crippen LogP) is 5.48. The summed E-state index contributed by atoms with van der Waals surface area (Å²) in [4.78, 5) is 19.8. The van der Waals surface area contributed by atoms with E-state index in [4.69, 9.17) is 4.98 Å². The molecule has 1 aliphatic carbocycles. The first-order valence-corrected chi connectivity index (χ1v) is 12.3. The largest absolute Gasteiger partial charge is 0.356 e. The lowest BCUT2D eigenvalue weighted by Gasteiger charge is -2.32. The zero-order valence-electron chi connectivity index (χ0n) is 20.2. The smallest absolute Gasteiger partial charge is 0.188 e. The maximum absolute atomic E-state index is 13.6. The van der Waals surface area contributed by atoms with Gasteiger partial charge in [0.15, 0.2) is 6.30 Å². The normalized spacial score (nSPS) is 16.8. The van der Waals surface area contributed by atoms with E-state index in [0.29, 0.717) is 12.3 Å². The van der Waals surface area contributed by atoms with Crippen LogP contribution in [-0.4, -0.2) is 42.8 Å². The molecule has 1 fully saturated rings. The van der Waals surface area contributed by atoms with E-state index >= 15 is 0 Å². The lowest BCUT2D eigenvalue weighted by molar-refractivity contribution is 0.245. The third kappa shape index (κ3) is 4.08. The van der Waals surface area contributed by atoms with Crippen LogP contribution in [0.4, 0.5) is 14.6 Å². The number of piperidine rings is 1. The zero-order valence-corrected chi connectivity index (χ0v) is 20.2. The number of nitrogens with one attached hydrogen (secondary N) is 1. The highest BCUT2D eigenvalue weighted by Gasteiger charge is 2.28. The number of halogens is 2. The van der Waals surface area contributed by atoms with Gasteiger partial charge in [-0.1, -0.05) is 0 Å². The molecule has 184 valence electrons. The standard InChI is InChI=1S/C27H27F2N7/c1-16-25(18-3-5-22(29)6-4-18)34-26(33-16)19-7-9-35(10-8-19)27-23-11-20(12-24(23)30-15-31-27)21-13-32-36(14-21)17(2)28/h3-6,11,13-15,17,19H,7-10,12H2,1-2H3,(H,33,34). The van der Waals surface area contributed by atoms with Crippen LogP contribution in [0, 0.1) is 12.7 Å². The minimum atomic E-state index is -1.16. The van der Waals surface area contributed by atoms with E-state index in [1.807, 2.05) is 6.92 Å². The molecule has 1 aliphatic heterocycles. The lowest BCUT2D eigenvalue weighted by atomic mass is 9.96. The fourth-order valence-electron chi connectivity index (χ4n) is 5.18. The van der Waals surface area contributed by atoms with Crippen molar-refractivity contribution in [2.24, 2.45) is 0 Å². The highest BCUT2D eigenvalue weighted by atomic mass is 19.1. The second kappa shape index (κ2) is 8.96. The van der Waals surface area contributed by atoms with Gasteiger partial charge < -0.3 is 9.88 Å². The van der Waals surface area contributed by atoms with Gasteiger partial charge in [0.1, 0.15) is 23.8 Å². The van der Waals surface area contributed by atoms with Gasteiger partial charge in [-0.3, -0.25) is 0 Å². The summed E-state index contributed by atoms with van der Waals surface area (Å²) in [7, 11) is 0. The van der Waals surface area contributed by atoms with Crippen LogP contribution in [0.2, 0.25) is 0 Å². The van der Waals surface area contributed by atoms with Crippen molar-refractivity contribution in [2.45, 2.75) is 45.3 Å². The molecule has 2 aliphatic rings. The number of aryl methyl sites for hydroxylation is 1. The van der Waals surface area contributed by atoms with Crippen molar-refractivity contribution < 1.29 is 8.78 Å². The second-order valence-electron chi connectivity index (χ2n) is 9.55. The van der Waals surface area contributed by atoms with Crippen LogP contribution in [0.25, 0.3) is 22.9 Å². The molecule has 0 bridgehead atoms. The van der Waals surface area contributed by atoms with Crippen molar-refractivity contribution in [2.75, 3.05) is 18.0 Å². The summed E-state index contributed by atoms with van der Waals surface area (Å²) in [5, 5.41) is 4.13. The molecule has 0 spiro atoms. The number of benzene rings is 1. The van der Waals surface area contributed by atoms with Crippen molar-refractivity contribution in [3.05, 3.63) is 77.1 Å². The van der Waals surface area contributed by atoms with E-state index in [9.17, 15) is 8.78 Å². The van der Waals surface area contributed by atoms with E-state index in [-0.39, 0.29) is 5.82 Å². The summed E-state index contributed by atoms with van der Waals surface area (Å²) in [5.74, 6) is 2.01. The molecule has 6 rings (SSSR count). The Balaban J connectivity index is 1.18. The number of aromatic amines is 1. The molecule has 1 saturated heterocycles. The average Bonchev–Trinajstić information content (AvgIpc) is 3.62. The van der Waals surface area contributed by atoms with Gasteiger partial charge in [-0.15, -0.1) is 0 Å². The molecule has 0 amide bonds. The van der Waals surface area contributed by atoms with Gasteiger partial charge in [-0.05, 0) is 62.6 Å². The van der Waals surface area contributed by atoms with Crippen LogP contribution in [0.5, 0.6) is 0 Å². The SMILES string of the molecule is Cc1[nH]c(C2CCN(c3ncnc4c3C=C(c3cnn(C(C)F)c3)C4)CC2)nc1-c1ccc(F)cc1. The van der Waals surface area contributed by atoms with E-state index in [2.05, 4.69) is 31.0 Å². The summed E-state index contributed by atoms with van der Waals surface area (Å²) in [6.45, 7) is 5.20. The first-order valence-electron chi connectivity index (χ1n) is 12.3. The van der Waals surface area contributed by atoms with Gasteiger partial charge in [0.25, 0.3) is 0 Å². The Hall–Kier alpha value is -3.88. The number of imidazole rings is 1. The second-order valence-corrected chi connectivity index (χ2v) is 9.55. The zero-order chi connectivity index (χ0) is 24.8. The molecule has 7 nitrogen and oxygen atoms in total. The predicted molar refractivity (Wildman–Crippen MR) is 135 cm³/mol. The fourth-order valence-corrected chi connectivity index (χ4v) is 5.18. The molecule has 1 unspecified atom stereocenters. The Morgan fingerprint density at radius 1 is 1.08 bits per heavy atom. The summed E-state index contributed by atoms with van der Waals surface area (Å²) < 4.78 is 28.3. The summed E-state index contributed by atoms with van der Waals surface area (Å²) in [6, 6.07) is 6.47. The van der Waals surface area contributed by atoms with Gasteiger partial charge in [-0.2, -0.15) is 5.10 Å². The first kappa shape index (κ1) is 22.6.